The lowest BCUT2D eigenvalue weighted by molar-refractivity contribution is -0.123. The van der Waals surface area contributed by atoms with E-state index in [2.05, 4.69) is 10.3 Å². The molecule has 2 aromatic rings. The molecule has 1 aliphatic rings. The molecule has 0 spiro atoms. The van der Waals surface area contributed by atoms with Gasteiger partial charge in [0.25, 0.3) is 0 Å². The molecule has 3 N–H and O–H groups in total. The van der Waals surface area contributed by atoms with Crippen molar-refractivity contribution in [2.75, 3.05) is 0 Å². The smallest absolute Gasteiger partial charge is 0.240 e. The zero-order chi connectivity index (χ0) is 14.9. The molecule has 1 saturated carbocycles. The lowest BCUT2D eigenvalue weighted by atomic mass is 10.0. The number of nitrogens with one attached hydrogen (secondary N) is 1. The van der Waals surface area contributed by atoms with E-state index in [0.717, 1.165) is 29.5 Å². The van der Waals surface area contributed by atoms with Gasteiger partial charge in [0.15, 0.2) is 0 Å². The average Bonchev–Trinajstić information content (AvgIpc) is 3.27. The van der Waals surface area contributed by atoms with Gasteiger partial charge in [0.05, 0.1) is 11.6 Å². The SMILES string of the molecule is CC(NC(=O)C1(N)CC1)c1ccc(-c2cccnc2)cc1.Cl.Cl. The molecule has 1 unspecified atom stereocenters. The van der Waals surface area contributed by atoms with Crippen molar-refractivity contribution in [1.82, 2.24) is 10.3 Å². The highest BCUT2D eigenvalue weighted by Gasteiger charge is 2.46. The normalized spacial score (nSPS) is 15.6. The topological polar surface area (TPSA) is 68.0 Å². The van der Waals surface area contributed by atoms with Gasteiger partial charge in [-0.1, -0.05) is 30.3 Å². The Morgan fingerprint density at radius 1 is 1.17 bits per heavy atom. The van der Waals surface area contributed by atoms with Crippen molar-refractivity contribution >= 4 is 30.7 Å². The highest BCUT2D eigenvalue weighted by molar-refractivity contribution is 5.89. The summed E-state index contributed by atoms with van der Waals surface area (Å²) < 4.78 is 0. The van der Waals surface area contributed by atoms with Gasteiger partial charge in [0.2, 0.25) is 5.91 Å². The van der Waals surface area contributed by atoms with Crippen molar-refractivity contribution in [1.29, 1.82) is 0 Å². The van der Waals surface area contributed by atoms with E-state index < -0.39 is 5.54 Å². The number of halogens is 2. The zero-order valence-electron chi connectivity index (χ0n) is 12.9. The quantitative estimate of drug-likeness (QED) is 0.886. The van der Waals surface area contributed by atoms with E-state index in [1.54, 1.807) is 6.20 Å². The summed E-state index contributed by atoms with van der Waals surface area (Å²) in [5.41, 5.74) is 8.54. The first kappa shape index (κ1) is 19.4. The molecule has 1 fully saturated rings. The second kappa shape index (κ2) is 7.77. The molecule has 0 bridgehead atoms. The zero-order valence-corrected chi connectivity index (χ0v) is 14.5. The largest absolute Gasteiger partial charge is 0.348 e. The Bertz CT molecular complexity index is 643. The van der Waals surface area contributed by atoms with Crippen LogP contribution in [0.1, 0.15) is 31.4 Å². The summed E-state index contributed by atoms with van der Waals surface area (Å²) in [6, 6.07) is 12.1. The van der Waals surface area contributed by atoms with E-state index >= 15 is 0 Å². The number of rotatable bonds is 4. The van der Waals surface area contributed by atoms with Crippen LogP contribution in [0.5, 0.6) is 0 Å². The van der Waals surface area contributed by atoms with E-state index in [-0.39, 0.29) is 36.8 Å². The summed E-state index contributed by atoms with van der Waals surface area (Å²) in [5, 5.41) is 2.98. The summed E-state index contributed by atoms with van der Waals surface area (Å²) in [6.07, 6.45) is 5.17. The minimum atomic E-state index is -0.621. The maximum atomic E-state index is 12.0. The van der Waals surface area contributed by atoms with Crippen molar-refractivity contribution in [3.63, 3.8) is 0 Å². The monoisotopic (exact) mass is 353 g/mol. The Hall–Kier alpha value is -1.62. The number of hydrogen-bond acceptors (Lipinski definition) is 3. The fourth-order valence-corrected chi connectivity index (χ4v) is 2.28. The van der Waals surface area contributed by atoms with Crippen LogP contribution in [-0.2, 0) is 4.79 Å². The van der Waals surface area contributed by atoms with Crippen LogP contribution in [0.3, 0.4) is 0 Å². The lowest BCUT2D eigenvalue weighted by Gasteiger charge is -2.17. The Morgan fingerprint density at radius 3 is 2.35 bits per heavy atom. The van der Waals surface area contributed by atoms with E-state index in [4.69, 9.17) is 5.73 Å². The first-order valence-corrected chi connectivity index (χ1v) is 7.19. The number of carbonyl (C=O) groups is 1. The number of benzene rings is 1. The van der Waals surface area contributed by atoms with Gasteiger partial charge in [-0.15, -0.1) is 24.8 Å². The summed E-state index contributed by atoms with van der Waals surface area (Å²) >= 11 is 0. The van der Waals surface area contributed by atoms with Crippen LogP contribution in [0.15, 0.2) is 48.8 Å². The minimum Gasteiger partial charge on any atom is -0.348 e. The highest BCUT2D eigenvalue weighted by atomic mass is 35.5. The number of pyridine rings is 1. The van der Waals surface area contributed by atoms with E-state index in [1.807, 2.05) is 49.5 Å². The van der Waals surface area contributed by atoms with Crippen LogP contribution in [0.2, 0.25) is 0 Å². The van der Waals surface area contributed by atoms with Gasteiger partial charge >= 0.3 is 0 Å². The van der Waals surface area contributed by atoms with Gasteiger partial charge in [-0.3, -0.25) is 9.78 Å². The molecule has 0 radical (unpaired) electrons. The Labute approximate surface area is 148 Å². The fourth-order valence-electron chi connectivity index (χ4n) is 2.28. The molecule has 4 nitrogen and oxygen atoms in total. The first-order chi connectivity index (χ1) is 10.1. The molecule has 3 rings (SSSR count). The molecule has 6 heteroatoms. The average molecular weight is 354 g/mol. The van der Waals surface area contributed by atoms with E-state index in [9.17, 15) is 4.79 Å². The summed E-state index contributed by atoms with van der Waals surface area (Å²) in [6.45, 7) is 1.97. The highest BCUT2D eigenvalue weighted by Crippen LogP contribution is 2.33. The summed E-state index contributed by atoms with van der Waals surface area (Å²) in [5.74, 6) is -0.0497. The van der Waals surface area contributed by atoms with Gasteiger partial charge < -0.3 is 11.1 Å². The molecule has 1 atom stereocenters. The second-order valence-corrected chi connectivity index (χ2v) is 5.71. The molecular formula is C17H21Cl2N3O. The fraction of sp³-hybridized carbons (Fsp3) is 0.294. The van der Waals surface area contributed by atoms with Gasteiger partial charge in [0, 0.05) is 12.4 Å². The molecule has 124 valence electrons. The molecule has 1 heterocycles. The number of hydrogen-bond donors (Lipinski definition) is 2. The van der Waals surface area contributed by atoms with Crippen LogP contribution >= 0.6 is 24.8 Å². The third kappa shape index (κ3) is 4.44. The van der Waals surface area contributed by atoms with Crippen molar-refractivity contribution < 1.29 is 4.79 Å². The van der Waals surface area contributed by atoms with Crippen LogP contribution in [0.25, 0.3) is 11.1 Å². The maximum Gasteiger partial charge on any atom is 0.240 e. The summed E-state index contributed by atoms with van der Waals surface area (Å²) in [7, 11) is 0. The Morgan fingerprint density at radius 2 is 1.83 bits per heavy atom. The summed E-state index contributed by atoms with van der Waals surface area (Å²) in [4.78, 5) is 16.1. The predicted octanol–water partition coefficient (Wildman–Crippen LogP) is 3.26. The van der Waals surface area contributed by atoms with Gasteiger partial charge in [0.1, 0.15) is 0 Å². The van der Waals surface area contributed by atoms with Crippen LogP contribution < -0.4 is 11.1 Å². The number of nitrogens with zero attached hydrogens (tertiary/aromatic N) is 1. The van der Waals surface area contributed by atoms with Gasteiger partial charge in [-0.25, -0.2) is 0 Å². The van der Waals surface area contributed by atoms with Crippen LogP contribution in [0.4, 0.5) is 0 Å². The standard InChI is InChI=1S/C17H19N3O.2ClH/c1-12(20-16(21)17(18)8-9-17)13-4-6-14(7-5-13)15-3-2-10-19-11-15;;/h2-7,10-12H,8-9,18H2,1H3,(H,20,21);2*1H. The van der Waals surface area contributed by atoms with Crippen molar-refractivity contribution in [3.05, 3.63) is 54.4 Å². The minimum absolute atomic E-state index is 0. The Balaban J connectivity index is 0.00000132. The van der Waals surface area contributed by atoms with E-state index in [0.29, 0.717) is 0 Å². The third-order valence-electron chi connectivity index (χ3n) is 3.99. The first-order valence-electron chi connectivity index (χ1n) is 7.19. The van der Waals surface area contributed by atoms with Gasteiger partial charge in [-0.05, 0) is 42.5 Å². The molecule has 0 aliphatic heterocycles. The van der Waals surface area contributed by atoms with Crippen molar-refractivity contribution in [3.8, 4) is 11.1 Å². The lowest BCUT2D eigenvalue weighted by Crippen LogP contribution is -2.43. The molecule has 23 heavy (non-hydrogen) atoms. The number of carbonyl (C=O) groups excluding carboxylic acids is 1. The number of amides is 1. The molecular weight excluding hydrogens is 333 g/mol. The van der Waals surface area contributed by atoms with E-state index in [1.165, 1.54) is 0 Å². The molecule has 1 aromatic heterocycles. The molecule has 0 saturated heterocycles. The maximum absolute atomic E-state index is 12.0. The number of nitrogens with two attached hydrogens (primary N) is 1. The Kier molecular flexibility index (Phi) is 6.57. The van der Waals surface area contributed by atoms with Crippen LogP contribution in [-0.4, -0.2) is 16.4 Å². The second-order valence-electron chi connectivity index (χ2n) is 5.71. The predicted molar refractivity (Wildman–Crippen MR) is 96.9 cm³/mol. The third-order valence-corrected chi connectivity index (χ3v) is 3.99. The van der Waals surface area contributed by atoms with Crippen LogP contribution in [0, 0.1) is 0 Å². The number of aromatic nitrogens is 1. The molecule has 1 aromatic carbocycles. The molecule has 1 amide bonds. The molecule has 1 aliphatic carbocycles. The van der Waals surface area contributed by atoms with Gasteiger partial charge in [-0.2, -0.15) is 0 Å². The van der Waals surface area contributed by atoms with Crippen molar-refractivity contribution in [2.45, 2.75) is 31.3 Å². The van der Waals surface area contributed by atoms with Crippen molar-refractivity contribution in [2.24, 2.45) is 5.73 Å².